The second-order valence-corrected chi connectivity index (χ2v) is 6.83. The van der Waals surface area contributed by atoms with Crippen molar-refractivity contribution in [1.29, 1.82) is 0 Å². The minimum atomic E-state index is -3.99. The lowest BCUT2D eigenvalue weighted by molar-refractivity contribution is -0.142. The fraction of sp³-hybridized carbons (Fsp3) is 0.462. The molecule has 0 spiro atoms. The molecule has 2 atom stereocenters. The van der Waals surface area contributed by atoms with Crippen LogP contribution in [-0.4, -0.2) is 26.0 Å². The Morgan fingerprint density at radius 3 is 2.62 bits per heavy atom. The Bertz CT molecular complexity index is 648. The SMILES string of the molecule is O=C(O)C1CCCC1CNS(=O)(=O)c1ccc(F)c(F)c1. The van der Waals surface area contributed by atoms with E-state index in [0.717, 1.165) is 18.6 Å². The van der Waals surface area contributed by atoms with Crippen molar-refractivity contribution in [2.45, 2.75) is 24.2 Å². The van der Waals surface area contributed by atoms with Crippen molar-refractivity contribution in [2.75, 3.05) is 6.54 Å². The number of aliphatic carboxylic acids is 1. The zero-order valence-electron chi connectivity index (χ0n) is 11.1. The van der Waals surface area contributed by atoms with Crippen LogP contribution >= 0.6 is 0 Å². The van der Waals surface area contributed by atoms with Crippen LogP contribution in [0.25, 0.3) is 0 Å². The van der Waals surface area contributed by atoms with E-state index in [1.165, 1.54) is 0 Å². The monoisotopic (exact) mass is 319 g/mol. The molecule has 5 nitrogen and oxygen atoms in total. The molecule has 1 aromatic carbocycles. The van der Waals surface area contributed by atoms with Crippen LogP contribution in [0.1, 0.15) is 19.3 Å². The highest BCUT2D eigenvalue weighted by Gasteiger charge is 2.33. The summed E-state index contributed by atoms with van der Waals surface area (Å²) in [7, 11) is -3.99. The van der Waals surface area contributed by atoms with E-state index in [2.05, 4.69) is 4.72 Å². The van der Waals surface area contributed by atoms with Gasteiger partial charge in [0, 0.05) is 6.54 Å². The smallest absolute Gasteiger partial charge is 0.306 e. The summed E-state index contributed by atoms with van der Waals surface area (Å²) in [5.41, 5.74) is 0. The average molecular weight is 319 g/mol. The number of benzene rings is 1. The molecule has 0 radical (unpaired) electrons. The van der Waals surface area contributed by atoms with Gasteiger partial charge in [0.1, 0.15) is 0 Å². The first-order valence-corrected chi connectivity index (χ1v) is 7.97. The Hall–Kier alpha value is -1.54. The molecule has 0 amide bonds. The highest BCUT2D eigenvalue weighted by molar-refractivity contribution is 7.89. The van der Waals surface area contributed by atoms with Gasteiger partial charge >= 0.3 is 5.97 Å². The number of carboxylic acids is 1. The molecule has 2 unspecified atom stereocenters. The molecule has 0 aromatic heterocycles. The molecule has 0 saturated heterocycles. The zero-order valence-corrected chi connectivity index (χ0v) is 11.9. The summed E-state index contributed by atoms with van der Waals surface area (Å²) in [6.07, 6.45) is 1.87. The predicted octanol–water partition coefficient (Wildman–Crippen LogP) is 1.74. The van der Waals surface area contributed by atoms with Crippen LogP contribution in [0.2, 0.25) is 0 Å². The molecule has 0 heterocycles. The van der Waals surface area contributed by atoms with Crippen molar-refractivity contribution in [3.05, 3.63) is 29.8 Å². The molecule has 1 saturated carbocycles. The fourth-order valence-electron chi connectivity index (χ4n) is 2.55. The number of carboxylic acid groups (broad SMARTS) is 1. The molecular weight excluding hydrogens is 304 g/mol. The van der Waals surface area contributed by atoms with Gasteiger partial charge in [0.25, 0.3) is 0 Å². The summed E-state index contributed by atoms with van der Waals surface area (Å²) in [4.78, 5) is 10.6. The third-order valence-electron chi connectivity index (χ3n) is 3.71. The average Bonchev–Trinajstić information content (AvgIpc) is 2.88. The maximum atomic E-state index is 13.1. The summed E-state index contributed by atoms with van der Waals surface area (Å²) >= 11 is 0. The standard InChI is InChI=1S/C13H15F2NO4S/c14-11-5-4-9(6-12(11)15)21(19,20)16-7-8-2-1-3-10(8)13(17)18/h4-6,8,10,16H,1-3,7H2,(H,17,18). The van der Waals surface area contributed by atoms with E-state index < -0.39 is 33.5 Å². The number of carbonyl (C=O) groups is 1. The minimum Gasteiger partial charge on any atom is -0.481 e. The number of hydrogen-bond acceptors (Lipinski definition) is 3. The van der Waals surface area contributed by atoms with Crippen molar-refractivity contribution in [3.63, 3.8) is 0 Å². The van der Waals surface area contributed by atoms with Gasteiger partial charge in [-0.05, 0) is 37.0 Å². The van der Waals surface area contributed by atoms with Gasteiger partial charge in [0.15, 0.2) is 11.6 Å². The first-order valence-electron chi connectivity index (χ1n) is 6.49. The third-order valence-corrected chi connectivity index (χ3v) is 5.13. The molecule has 116 valence electrons. The van der Waals surface area contributed by atoms with Gasteiger partial charge in [-0.15, -0.1) is 0 Å². The van der Waals surface area contributed by atoms with Crippen LogP contribution in [-0.2, 0) is 14.8 Å². The highest BCUT2D eigenvalue weighted by atomic mass is 32.2. The molecule has 0 bridgehead atoms. The molecule has 1 fully saturated rings. The molecule has 1 aromatic rings. The van der Waals surface area contributed by atoms with Gasteiger partial charge in [-0.25, -0.2) is 21.9 Å². The normalized spacial score (nSPS) is 22.4. The van der Waals surface area contributed by atoms with E-state index in [9.17, 15) is 22.0 Å². The molecule has 1 aliphatic carbocycles. The van der Waals surface area contributed by atoms with E-state index in [-0.39, 0.29) is 17.4 Å². The molecule has 0 aliphatic heterocycles. The zero-order chi connectivity index (χ0) is 15.6. The summed E-state index contributed by atoms with van der Waals surface area (Å²) in [6.45, 7) is -0.0295. The largest absolute Gasteiger partial charge is 0.481 e. The van der Waals surface area contributed by atoms with Gasteiger partial charge in [0.05, 0.1) is 10.8 Å². The van der Waals surface area contributed by atoms with Gasteiger partial charge in [-0.3, -0.25) is 4.79 Å². The molecule has 2 N–H and O–H groups in total. The van der Waals surface area contributed by atoms with Gasteiger partial charge in [0.2, 0.25) is 10.0 Å². The van der Waals surface area contributed by atoms with E-state index >= 15 is 0 Å². The molecule has 21 heavy (non-hydrogen) atoms. The Morgan fingerprint density at radius 1 is 1.29 bits per heavy atom. The van der Waals surface area contributed by atoms with Crippen LogP contribution in [0.4, 0.5) is 8.78 Å². The number of sulfonamides is 1. The van der Waals surface area contributed by atoms with Crippen molar-refractivity contribution >= 4 is 16.0 Å². The lowest BCUT2D eigenvalue weighted by Gasteiger charge is -2.16. The molecule has 8 heteroatoms. The first kappa shape index (κ1) is 15.8. The van der Waals surface area contributed by atoms with Crippen LogP contribution in [0.15, 0.2) is 23.1 Å². The van der Waals surface area contributed by atoms with Crippen molar-refractivity contribution in [3.8, 4) is 0 Å². The fourth-order valence-corrected chi connectivity index (χ4v) is 3.66. The van der Waals surface area contributed by atoms with E-state index in [4.69, 9.17) is 5.11 Å². The minimum absolute atomic E-state index is 0.0295. The van der Waals surface area contributed by atoms with Crippen molar-refractivity contribution in [2.24, 2.45) is 11.8 Å². The second-order valence-electron chi connectivity index (χ2n) is 5.06. The van der Waals surface area contributed by atoms with Gasteiger partial charge < -0.3 is 5.11 Å². The first-order chi connectivity index (χ1) is 9.81. The van der Waals surface area contributed by atoms with Crippen LogP contribution < -0.4 is 4.72 Å². The van der Waals surface area contributed by atoms with Gasteiger partial charge in [-0.1, -0.05) is 6.42 Å². The summed E-state index contributed by atoms with van der Waals surface area (Å²) < 4.78 is 52.1. The van der Waals surface area contributed by atoms with Crippen LogP contribution in [0, 0.1) is 23.5 Å². The number of hydrogen-bond donors (Lipinski definition) is 2. The Kier molecular flexibility index (Phi) is 4.58. The van der Waals surface area contributed by atoms with E-state index in [1.54, 1.807) is 0 Å². The summed E-state index contributed by atoms with van der Waals surface area (Å²) in [5.74, 6) is -4.18. The predicted molar refractivity (Wildman–Crippen MR) is 70.0 cm³/mol. The molecular formula is C13H15F2NO4S. The lowest BCUT2D eigenvalue weighted by Crippen LogP contribution is -2.33. The topological polar surface area (TPSA) is 83.5 Å². The second kappa shape index (κ2) is 6.07. The van der Waals surface area contributed by atoms with Crippen molar-refractivity contribution in [1.82, 2.24) is 4.72 Å². The van der Waals surface area contributed by atoms with Crippen LogP contribution in [0.5, 0.6) is 0 Å². The Balaban J connectivity index is 2.07. The Morgan fingerprint density at radius 2 is 2.00 bits per heavy atom. The summed E-state index contributed by atoms with van der Waals surface area (Å²) in [6, 6.07) is 2.30. The number of halogens is 2. The summed E-state index contributed by atoms with van der Waals surface area (Å²) in [5, 5.41) is 9.03. The number of rotatable bonds is 5. The lowest BCUT2D eigenvalue weighted by atomic mass is 9.97. The quantitative estimate of drug-likeness (QED) is 0.866. The molecule has 1 aliphatic rings. The molecule has 2 rings (SSSR count). The Labute approximate surface area is 121 Å². The number of nitrogens with one attached hydrogen (secondary N) is 1. The van der Waals surface area contributed by atoms with E-state index in [1.807, 2.05) is 0 Å². The van der Waals surface area contributed by atoms with E-state index in [0.29, 0.717) is 18.9 Å². The third kappa shape index (κ3) is 3.56. The highest BCUT2D eigenvalue weighted by Crippen LogP contribution is 2.31. The maximum absolute atomic E-state index is 13.1. The maximum Gasteiger partial charge on any atom is 0.306 e. The van der Waals surface area contributed by atoms with Crippen LogP contribution in [0.3, 0.4) is 0 Å². The van der Waals surface area contributed by atoms with Crippen molar-refractivity contribution < 1.29 is 27.1 Å². The van der Waals surface area contributed by atoms with Gasteiger partial charge in [-0.2, -0.15) is 0 Å².